The number of hydrogen-bond acceptors (Lipinski definition) is 8. The monoisotopic (exact) mass is 568 g/mol. The van der Waals surface area contributed by atoms with Gasteiger partial charge in [-0.15, -0.1) is 6.58 Å². The highest BCUT2D eigenvalue weighted by Gasteiger charge is 2.33. The Morgan fingerprint density at radius 2 is 1.85 bits per heavy atom. The average Bonchev–Trinajstić information content (AvgIpc) is 2.91. The van der Waals surface area contributed by atoms with Gasteiger partial charge in [0.25, 0.3) is 5.91 Å². The molecule has 0 spiro atoms. The fraction of sp³-hybridized carbons (Fsp3) is 0.357. The maximum atomic E-state index is 13.6. The Balaban J connectivity index is 1.43. The van der Waals surface area contributed by atoms with Gasteiger partial charge in [0.05, 0.1) is 5.56 Å². The minimum absolute atomic E-state index is 0.0101. The smallest absolute Gasteiger partial charge is 0.254 e. The number of pyridine rings is 1. The predicted octanol–water partition coefficient (Wildman–Crippen LogP) is 4.75. The average molecular weight is 569 g/mol. The van der Waals surface area contributed by atoms with Gasteiger partial charge in [-0.2, -0.15) is 4.98 Å². The molecule has 1 saturated carbocycles. The number of nitrogens with one attached hydrogen (secondary N) is 2. The lowest BCUT2D eigenvalue weighted by Crippen LogP contribution is -2.40. The largest absolute Gasteiger partial charge is 0.362 e. The summed E-state index contributed by atoms with van der Waals surface area (Å²) in [6, 6.07) is 9.70. The van der Waals surface area contributed by atoms with Crippen molar-refractivity contribution < 1.29 is 13.2 Å². The second-order valence-electron chi connectivity index (χ2n) is 9.87. The van der Waals surface area contributed by atoms with E-state index < -0.39 is 21.0 Å². The first-order valence-corrected chi connectivity index (χ1v) is 14.7. The second-order valence-corrected chi connectivity index (χ2v) is 12.3. The minimum Gasteiger partial charge on any atom is -0.362 e. The van der Waals surface area contributed by atoms with Gasteiger partial charge in [0.15, 0.2) is 5.03 Å². The zero-order valence-corrected chi connectivity index (χ0v) is 23.8. The highest BCUT2D eigenvalue weighted by Crippen LogP contribution is 2.32. The fourth-order valence-corrected chi connectivity index (χ4v) is 6.69. The molecule has 1 aliphatic rings. The first-order chi connectivity index (χ1) is 18.6. The Labute approximate surface area is 234 Å². The van der Waals surface area contributed by atoms with Crippen LogP contribution in [-0.4, -0.2) is 55.5 Å². The van der Waals surface area contributed by atoms with E-state index in [1.165, 1.54) is 18.3 Å². The van der Waals surface area contributed by atoms with Crippen molar-refractivity contribution in [2.75, 3.05) is 24.3 Å². The quantitative estimate of drug-likeness (QED) is 0.355. The van der Waals surface area contributed by atoms with Crippen LogP contribution in [0.2, 0.25) is 5.02 Å². The zero-order chi connectivity index (χ0) is 28.2. The Hall–Kier alpha value is -3.50. The molecule has 1 aliphatic carbocycles. The van der Waals surface area contributed by atoms with E-state index in [0.29, 0.717) is 16.5 Å². The summed E-state index contributed by atoms with van der Waals surface area (Å²) in [5.41, 5.74) is 1.47. The number of aryl methyl sites for hydroxylation is 1. The van der Waals surface area contributed by atoms with Crippen LogP contribution in [0.5, 0.6) is 0 Å². The van der Waals surface area contributed by atoms with Gasteiger partial charge in [-0.05, 0) is 62.4 Å². The van der Waals surface area contributed by atoms with Gasteiger partial charge >= 0.3 is 0 Å². The summed E-state index contributed by atoms with van der Waals surface area (Å²) >= 11 is 6.09. The molecule has 1 unspecified atom stereocenters. The van der Waals surface area contributed by atoms with E-state index in [1.807, 2.05) is 25.9 Å². The molecule has 2 N–H and O–H groups in total. The number of benzene rings is 1. The van der Waals surface area contributed by atoms with E-state index in [2.05, 4.69) is 32.2 Å². The summed E-state index contributed by atoms with van der Waals surface area (Å²) in [5, 5.41) is 5.45. The lowest BCUT2D eigenvalue weighted by atomic mass is 9.91. The predicted molar refractivity (Wildman–Crippen MR) is 154 cm³/mol. The van der Waals surface area contributed by atoms with Crippen LogP contribution < -0.4 is 15.5 Å². The van der Waals surface area contributed by atoms with E-state index >= 15 is 0 Å². The normalized spacial score (nSPS) is 18.2. The van der Waals surface area contributed by atoms with Crippen LogP contribution in [0.25, 0.3) is 0 Å². The maximum Gasteiger partial charge on any atom is 0.254 e. The highest BCUT2D eigenvalue weighted by atomic mass is 35.5. The summed E-state index contributed by atoms with van der Waals surface area (Å²) in [7, 11) is -0.179. The molecular weight excluding hydrogens is 536 g/mol. The number of anilines is 2. The van der Waals surface area contributed by atoms with Crippen molar-refractivity contribution in [1.29, 1.82) is 0 Å². The van der Waals surface area contributed by atoms with Crippen LogP contribution in [-0.2, 0) is 9.84 Å². The van der Waals surface area contributed by atoms with E-state index in [0.717, 1.165) is 37.1 Å². The Bertz CT molecular complexity index is 1460. The maximum absolute atomic E-state index is 13.6. The van der Waals surface area contributed by atoms with E-state index in [9.17, 15) is 13.2 Å². The van der Waals surface area contributed by atoms with E-state index in [4.69, 9.17) is 11.6 Å². The molecule has 0 aliphatic heterocycles. The lowest BCUT2D eigenvalue weighted by molar-refractivity contribution is 0.0922. The summed E-state index contributed by atoms with van der Waals surface area (Å²) in [6.45, 7) is 5.69. The van der Waals surface area contributed by atoms with Crippen molar-refractivity contribution in [1.82, 2.24) is 20.3 Å². The standard InChI is InChI=1S/C28H33ClN6O3S/c1-5-24(19-8-6-9-20(29)16-19)39(37,38)27-23(10-7-15-30-27)26(36)32-21-11-13-22(14-12-21)33-28-31-17-18(2)25(34-28)35(3)4/h5-10,15-17,21-22,24H,1,11-14H2,2-4H3,(H,32,36)(H,31,33,34). The summed E-state index contributed by atoms with van der Waals surface area (Å²) in [5.74, 6) is 0.979. The van der Waals surface area contributed by atoms with Gasteiger partial charge in [-0.1, -0.05) is 29.8 Å². The number of hydrogen-bond donors (Lipinski definition) is 2. The van der Waals surface area contributed by atoms with E-state index in [-0.39, 0.29) is 22.7 Å². The number of amides is 1. The number of halogens is 1. The summed E-state index contributed by atoms with van der Waals surface area (Å²) < 4.78 is 27.2. The third kappa shape index (κ3) is 6.57. The van der Waals surface area contributed by atoms with Crippen LogP contribution in [0.15, 0.2) is 66.5 Å². The SMILES string of the molecule is C=CC(c1cccc(Cl)c1)S(=O)(=O)c1ncccc1C(=O)NC1CCC(Nc2ncc(C)c(N(C)C)n2)CC1. The molecule has 2 heterocycles. The fourth-order valence-electron chi connectivity index (χ4n) is 4.82. The molecule has 0 saturated heterocycles. The molecule has 0 bridgehead atoms. The van der Waals surface area contributed by atoms with Crippen molar-refractivity contribution in [3.8, 4) is 0 Å². The lowest BCUT2D eigenvalue weighted by Gasteiger charge is -2.30. The van der Waals surface area contributed by atoms with Crippen molar-refractivity contribution in [3.05, 3.63) is 83.2 Å². The van der Waals surface area contributed by atoms with Crippen molar-refractivity contribution >= 4 is 39.1 Å². The molecule has 1 amide bonds. The molecule has 1 fully saturated rings. The van der Waals surface area contributed by atoms with Crippen molar-refractivity contribution in [2.24, 2.45) is 0 Å². The molecular formula is C28H33ClN6O3S. The van der Waals surface area contributed by atoms with Gasteiger partial charge in [0.1, 0.15) is 11.1 Å². The number of carbonyl (C=O) groups is 1. The number of nitrogens with zero attached hydrogens (tertiary/aromatic N) is 4. The Morgan fingerprint density at radius 3 is 2.51 bits per heavy atom. The number of rotatable bonds is 9. The topological polar surface area (TPSA) is 117 Å². The van der Waals surface area contributed by atoms with E-state index in [1.54, 1.807) is 36.5 Å². The molecule has 4 rings (SSSR count). The van der Waals surface area contributed by atoms with Gasteiger partial charge < -0.3 is 15.5 Å². The van der Waals surface area contributed by atoms with Gasteiger partial charge in [-0.25, -0.2) is 18.4 Å². The second kappa shape index (κ2) is 12.1. The number of aromatic nitrogens is 3. The zero-order valence-electron chi connectivity index (χ0n) is 22.3. The van der Waals surface area contributed by atoms with Crippen LogP contribution >= 0.6 is 11.6 Å². The summed E-state index contributed by atoms with van der Waals surface area (Å²) in [6.07, 6.45) is 7.58. The van der Waals surface area contributed by atoms with Gasteiger partial charge in [0, 0.05) is 49.2 Å². The van der Waals surface area contributed by atoms with Gasteiger partial charge in [0.2, 0.25) is 15.8 Å². The molecule has 206 valence electrons. The molecule has 39 heavy (non-hydrogen) atoms. The molecule has 3 aromatic rings. The summed E-state index contributed by atoms with van der Waals surface area (Å²) in [4.78, 5) is 28.4. The van der Waals surface area contributed by atoms with Crippen molar-refractivity contribution in [3.63, 3.8) is 0 Å². The first-order valence-electron chi connectivity index (χ1n) is 12.8. The Kier molecular flexibility index (Phi) is 8.87. The van der Waals surface area contributed by atoms with Crippen LogP contribution in [0.1, 0.15) is 52.4 Å². The van der Waals surface area contributed by atoms with Crippen molar-refractivity contribution in [2.45, 2.75) is 55.0 Å². The molecule has 9 nitrogen and oxygen atoms in total. The third-order valence-electron chi connectivity index (χ3n) is 6.78. The number of carbonyl (C=O) groups excluding carboxylic acids is 1. The molecule has 1 atom stereocenters. The first kappa shape index (κ1) is 28.5. The van der Waals surface area contributed by atoms with Crippen LogP contribution in [0.4, 0.5) is 11.8 Å². The molecule has 1 aromatic carbocycles. The highest BCUT2D eigenvalue weighted by molar-refractivity contribution is 7.91. The minimum atomic E-state index is -4.07. The Morgan fingerprint density at radius 1 is 1.13 bits per heavy atom. The molecule has 2 aromatic heterocycles. The molecule has 0 radical (unpaired) electrons. The third-order valence-corrected chi connectivity index (χ3v) is 9.01. The van der Waals surface area contributed by atoms with Gasteiger partial charge in [-0.3, -0.25) is 4.79 Å². The van der Waals surface area contributed by atoms with Crippen LogP contribution in [0, 0.1) is 6.92 Å². The van der Waals surface area contributed by atoms with Crippen LogP contribution in [0.3, 0.4) is 0 Å². The molecule has 11 heteroatoms. The number of sulfone groups is 1.